The maximum atomic E-state index is 13.9. The van der Waals surface area contributed by atoms with E-state index in [9.17, 15) is 9.59 Å². The second kappa shape index (κ2) is 9.40. The average molecular weight is 451 g/mol. The Morgan fingerprint density at radius 3 is 2.32 bits per heavy atom. The van der Waals surface area contributed by atoms with Crippen LogP contribution in [0.5, 0.6) is 0 Å². The molecule has 0 saturated carbocycles. The number of hydrogen-bond donors (Lipinski definition) is 0. The lowest BCUT2D eigenvalue weighted by Gasteiger charge is -2.36. The number of esters is 1. The minimum absolute atomic E-state index is 0.0715. The summed E-state index contributed by atoms with van der Waals surface area (Å²) in [4.78, 5) is 27.2. The molecule has 0 aromatic heterocycles. The number of carbonyl (C=O) groups is 2. The van der Waals surface area contributed by atoms with Crippen LogP contribution in [0.4, 0.5) is 5.69 Å². The highest BCUT2D eigenvalue weighted by Gasteiger charge is 2.43. The van der Waals surface area contributed by atoms with Gasteiger partial charge in [-0.05, 0) is 36.2 Å². The molecular weight excluding hydrogens is 424 g/mol. The van der Waals surface area contributed by atoms with E-state index >= 15 is 0 Å². The lowest BCUT2D eigenvalue weighted by Crippen LogP contribution is -2.45. The fraction of sp³-hybridized carbons (Fsp3) is 0.172. The molecule has 3 aromatic carbocycles. The number of nitrogens with zero attached hydrogens (tertiary/aromatic N) is 2. The number of benzene rings is 3. The van der Waals surface area contributed by atoms with Crippen LogP contribution in [0.25, 0.3) is 6.08 Å². The third-order valence-electron chi connectivity index (χ3n) is 6.18. The van der Waals surface area contributed by atoms with Gasteiger partial charge in [0.15, 0.2) is 0 Å². The van der Waals surface area contributed by atoms with Gasteiger partial charge in [0.05, 0.1) is 29.6 Å². The van der Waals surface area contributed by atoms with Crippen LogP contribution in [0.15, 0.2) is 102 Å². The first kappa shape index (κ1) is 21.7. The van der Waals surface area contributed by atoms with Crippen molar-refractivity contribution < 1.29 is 14.3 Å². The molecule has 1 fully saturated rings. The molecule has 0 bridgehead atoms. The predicted molar refractivity (Wildman–Crippen MR) is 133 cm³/mol. The Balaban J connectivity index is 1.68. The zero-order chi connectivity index (χ0) is 23.5. The molecule has 0 aliphatic carbocycles. The summed E-state index contributed by atoms with van der Waals surface area (Å²) < 4.78 is 5.47. The molecule has 0 N–H and O–H groups in total. The second-order valence-electron chi connectivity index (χ2n) is 8.33. The van der Waals surface area contributed by atoms with Gasteiger partial charge in [0.1, 0.15) is 0 Å². The van der Waals surface area contributed by atoms with Gasteiger partial charge in [-0.2, -0.15) is 0 Å². The molecule has 0 radical (unpaired) electrons. The lowest BCUT2D eigenvalue weighted by molar-refractivity contribution is -0.138. The SMILES string of the molecule is CCOC(=O)/C(Cc1ccccc1)=C1\CC2C=Cc3ccccc3N2N1C(=O)c1ccccc1. The summed E-state index contributed by atoms with van der Waals surface area (Å²) in [5, 5.41) is 3.71. The number of amides is 1. The second-order valence-corrected chi connectivity index (χ2v) is 8.33. The Kier molecular flexibility index (Phi) is 6.00. The number of hydrogen-bond acceptors (Lipinski definition) is 4. The van der Waals surface area contributed by atoms with Crippen molar-refractivity contribution in [2.75, 3.05) is 11.6 Å². The van der Waals surface area contributed by atoms with Crippen molar-refractivity contribution in [2.45, 2.75) is 25.8 Å². The van der Waals surface area contributed by atoms with Crippen LogP contribution in [0.1, 0.15) is 34.8 Å². The Bertz CT molecular complexity index is 1260. The van der Waals surface area contributed by atoms with E-state index in [1.165, 1.54) is 0 Å². The maximum absolute atomic E-state index is 13.9. The molecule has 3 aromatic rings. The highest BCUT2D eigenvalue weighted by molar-refractivity contribution is 5.99. The molecule has 2 aliphatic heterocycles. The molecule has 1 saturated heterocycles. The summed E-state index contributed by atoms with van der Waals surface area (Å²) in [6, 6.07) is 27.0. The molecule has 34 heavy (non-hydrogen) atoms. The quantitative estimate of drug-likeness (QED) is 0.385. The topological polar surface area (TPSA) is 49.9 Å². The largest absolute Gasteiger partial charge is 0.463 e. The summed E-state index contributed by atoms with van der Waals surface area (Å²) in [7, 11) is 0. The van der Waals surface area contributed by atoms with Gasteiger partial charge in [0.25, 0.3) is 5.91 Å². The summed E-state index contributed by atoms with van der Waals surface area (Å²) in [6.45, 7) is 2.07. The van der Waals surface area contributed by atoms with Gasteiger partial charge in [-0.15, -0.1) is 0 Å². The van der Waals surface area contributed by atoms with Gasteiger partial charge in [-0.1, -0.05) is 78.9 Å². The molecule has 5 rings (SSSR count). The van der Waals surface area contributed by atoms with Crippen molar-refractivity contribution >= 4 is 23.6 Å². The van der Waals surface area contributed by atoms with Crippen molar-refractivity contribution in [3.63, 3.8) is 0 Å². The van der Waals surface area contributed by atoms with E-state index in [1.807, 2.05) is 77.8 Å². The van der Waals surface area contributed by atoms with Crippen LogP contribution in [0.3, 0.4) is 0 Å². The van der Waals surface area contributed by atoms with Crippen molar-refractivity contribution in [2.24, 2.45) is 0 Å². The third kappa shape index (κ3) is 4.01. The Morgan fingerprint density at radius 2 is 1.59 bits per heavy atom. The minimum Gasteiger partial charge on any atom is -0.463 e. The van der Waals surface area contributed by atoms with Crippen LogP contribution < -0.4 is 5.01 Å². The molecule has 170 valence electrons. The van der Waals surface area contributed by atoms with E-state index in [-0.39, 0.29) is 24.5 Å². The molecule has 1 amide bonds. The van der Waals surface area contributed by atoms with Crippen LogP contribution in [0, 0.1) is 0 Å². The average Bonchev–Trinajstić information content (AvgIpc) is 3.28. The van der Waals surface area contributed by atoms with E-state index in [1.54, 1.807) is 24.1 Å². The van der Waals surface area contributed by atoms with E-state index < -0.39 is 0 Å². The molecule has 5 heteroatoms. The van der Waals surface area contributed by atoms with Crippen LogP contribution in [-0.2, 0) is 16.0 Å². The Hall–Kier alpha value is -4.12. The first-order chi connectivity index (χ1) is 16.7. The predicted octanol–water partition coefficient (Wildman–Crippen LogP) is 5.41. The van der Waals surface area contributed by atoms with Gasteiger partial charge in [0, 0.05) is 18.4 Å². The van der Waals surface area contributed by atoms with Crippen molar-refractivity contribution in [3.05, 3.63) is 119 Å². The first-order valence-electron chi connectivity index (χ1n) is 11.6. The zero-order valence-electron chi connectivity index (χ0n) is 19.1. The van der Waals surface area contributed by atoms with E-state index in [2.05, 4.69) is 12.2 Å². The number of hydrazine groups is 1. The number of fused-ring (bicyclic) bond motifs is 3. The lowest BCUT2D eigenvalue weighted by atomic mass is 9.99. The summed E-state index contributed by atoms with van der Waals surface area (Å²) >= 11 is 0. The standard InChI is InChI=1S/C29H26N2O3/c1-2-34-29(33)25(19-21-11-5-3-6-12-21)27-20-24-18-17-22-13-9-10-16-26(22)30(24)31(27)28(32)23-14-7-4-8-15-23/h3-18,24H,2,19-20H2,1H3/b27-25+. The van der Waals surface area contributed by atoms with Gasteiger partial charge >= 0.3 is 5.97 Å². The minimum atomic E-state index is -0.385. The highest BCUT2D eigenvalue weighted by Crippen LogP contribution is 2.41. The Morgan fingerprint density at radius 1 is 0.912 bits per heavy atom. The molecule has 2 aliphatic rings. The Labute approximate surface area is 199 Å². The van der Waals surface area contributed by atoms with Gasteiger partial charge < -0.3 is 4.74 Å². The van der Waals surface area contributed by atoms with E-state index in [4.69, 9.17) is 4.74 Å². The molecule has 0 spiro atoms. The summed E-state index contributed by atoms with van der Waals surface area (Å²) in [5.41, 5.74) is 4.73. The summed E-state index contributed by atoms with van der Waals surface area (Å²) in [5.74, 6) is -0.553. The van der Waals surface area contributed by atoms with Crippen molar-refractivity contribution in [3.8, 4) is 0 Å². The van der Waals surface area contributed by atoms with Crippen molar-refractivity contribution in [1.82, 2.24) is 5.01 Å². The monoisotopic (exact) mass is 450 g/mol. The van der Waals surface area contributed by atoms with E-state index in [0.29, 0.717) is 29.7 Å². The third-order valence-corrected chi connectivity index (χ3v) is 6.18. The van der Waals surface area contributed by atoms with Gasteiger partial charge in [-0.25, -0.2) is 9.80 Å². The van der Waals surface area contributed by atoms with Crippen LogP contribution in [-0.4, -0.2) is 29.5 Å². The molecular formula is C29H26N2O3. The molecule has 2 heterocycles. The van der Waals surface area contributed by atoms with Crippen LogP contribution in [0.2, 0.25) is 0 Å². The normalized spacial score (nSPS) is 17.7. The van der Waals surface area contributed by atoms with Crippen LogP contribution >= 0.6 is 0 Å². The number of para-hydroxylation sites is 1. The number of anilines is 1. The molecule has 1 atom stereocenters. The van der Waals surface area contributed by atoms with Gasteiger partial charge in [0.2, 0.25) is 0 Å². The number of rotatable bonds is 5. The molecule has 1 unspecified atom stereocenters. The van der Waals surface area contributed by atoms with Crippen molar-refractivity contribution in [1.29, 1.82) is 0 Å². The summed E-state index contributed by atoms with van der Waals surface area (Å²) in [6.07, 6.45) is 5.11. The zero-order valence-corrected chi connectivity index (χ0v) is 19.1. The fourth-order valence-electron chi connectivity index (χ4n) is 4.62. The highest BCUT2D eigenvalue weighted by atomic mass is 16.5. The fourth-order valence-corrected chi connectivity index (χ4v) is 4.62. The molecule has 5 nitrogen and oxygen atoms in total. The van der Waals surface area contributed by atoms with E-state index in [0.717, 1.165) is 16.8 Å². The number of carbonyl (C=O) groups excluding carboxylic acids is 2. The van der Waals surface area contributed by atoms with Gasteiger partial charge in [-0.3, -0.25) is 9.80 Å². The first-order valence-corrected chi connectivity index (χ1v) is 11.6. The smallest absolute Gasteiger partial charge is 0.336 e. The number of ether oxygens (including phenoxy) is 1. The maximum Gasteiger partial charge on any atom is 0.336 e.